The van der Waals surface area contributed by atoms with Crippen molar-refractivity contribution in [3.05, 3.63) is 39.9 Å². The van der Waals surface area contributed by atoms with E-state index < -0.39 is 4.92 Å². The first kappa shape index (κ1) is 14.4. The van der Waals surface area contributed by atoms with Crippen molar-refractivity contribution in [1.82, 2.24) is 0 Å². The fourth-order valence-corrected chi connectivity index (χ4v) is 1.70. The molecule has 0 fully saturated rings. The van der Waals surface area contributed by atoms with Crippen LogP contribution in [-0.4, -0.2) is 17.5 Å². The smallest absolute Gasteiger partial charge is 0.305 e. The standard InChI is InChI=1S/C12H14ClNO4/c1-2-18-12(15)8-7-11(13)9-3-5-10(6-4-9)14(16)17/h3-6,11H,2,7-8H2,1H3. The molecule has 0 amide bonds. The first-order valence-corrected chi connectivity index (χ1v) is 6.02. The lowest BCUT2D eigenvalue weighted by atomic mass is 10.1. The fraction of sp³-hybridized carbons (Fsp3) is 0.417. The summed E-state index contributed by atoms with van der Waals surface area (Å²) in [4.78, 5) is 21.2. The van der Waals surface area contributed by atoms with Gasteiger partial charge in [-0.3, -0.25) is 14.9 Å². The second-order valence-corrected chi connectivity index (χ2v) is 4.19. The zero-order valence-electron chi connectivity index (χ0n) is 9.97. The van der Waals surface area contributed by atoms with Crippen molar-refractivity contribution in [3.8, 4) is 0 Å². The quantitative estimate of drug-likeness (QED) is 0.345. The minimum atomic E-state index is -0.467. The summed E-state index contributed by atoms with van der Waals surface area (Å²) in [5, 5.41) is 10.1. The fourth-order valence-electron chi connectivity index (χ4n) is 1.45. The molecule has 6 heteroatoms. The van der Waals surface area contributed by atoms with Gasteiger partial charge in [-0.05, 0) is 18.9 Å². The Bertz CT molecular complexity index is 419. The summed E-state index contributed by atoms with van der Waals surface area (Å²) in [6, 6.07) is 5.99. The average molecular weight is 272 g/mol. The van der Waals surface area contributed by atoms with Crippen LogP contribution in [0.1, 0.15) is 30.7 Å². The van der Waals surface area contributed by atoms with Crippen LogP contribution < -0.4 is 0 Å². The normalized spacial score (nSPS) is 11.9. The molecule has 0 saturated carbocycles. The monoisotopic (exact) mass is 271 g/mol. The van der Waals surface area contributed by atoms with E-state index in [2.05, 4.69) is 0 Å². The highest BCUT2D eigenvalue weighted by Crippen LogP contribution is 2.27. The Morgan fingerprint density at radius 1 is 1.44 bits per heavy atom. The zero-order valence-corrected chi connectivity index (χ0v) is 10.7. The van der Waals surface area contributed by atoms with E-state index in [-0.39, 0.29) is 23.5 Å². The Morgan fingerprint density at radius 2 is 2.06 bits per heavy atom. The van der Waals surface area contributed by atoms with E-state index in [9.17, 15) is 14.9 Å². The van der Waals surface area contributed by atoms with Crippen LogP contribution in [-0.2, 0) is 9.53 Å². The average Bonchev–Trinajstić information content (AvgIpc) is 2.36. The molecule has 0 aliphatic heterocycles. The van der Waals surface area contributed by atoms with Crippen molar-refractivity contribution in [2.75, 3.05) is 6.61 Å². The van der Waals surface area contributed by atoms with Crippen molar-refractivity contribution < 1.29 is 14.5 Å². The number of hydrogen-bond acceptors (Lipinski definition) is 4. The Morgan fingerprint density at radius 3 is 2.56 bits per heavy atom. The van der Waals surface area contributed by atoms with Gasteiger partial charge < -0.3 is 4.74 Å². The number of non-ortho nitro benzene ring substituents is 1. The van der Waals surface area contributed by atoms with Gasteiger partial charge >= 0.3 is 5.97 Å². The van der Waals surface area contributed by atoms with Gasteiger partial charge in [0.15, 0.2) is 0 Å². The topological polar surface area (TPSA) is 69.4 Å². The molecule has 18 heavy (non-hydrogen) atoms. The van der Waals surface area contributed by atoms with Crippen molar-refractivity contribution in [2.45, 2.75) is 25.1 Å². The molecule has 98 valence electrons. The van der Waals surface area contributed by atoms with Crippen LogP contribution in [0.5, 0.6) is 0 Å². The summed E-state index contributed by atoms with van der Waals surface area (Å²) in [6.45, 7) is 2.09. The maximum absolute atomic E-state index is 11.2. The highest BCUT2D eigenvalue weighted by molar-refractivity contribution is 6.20. The van der Waals surface area contributed by atoms with Gasteiger partial charge in [0.25, 0.3) is 5.69 Å². The van der Waals surface area contributed by atoms with Gasteiger partial charge in [-0.2, -0.15) is 0 Å². The number of nitro groups is 1. The van der Waals surface area contributed by atoms with Gasteiger partial charge in [0.1, 0.15) is 0 Å². The molecule has 0 radical (unpaired) electrons. The minimum absolute atomic E-state index is 0.0213. The Labute approximate surface area is 110 Å². The lowest BCUT2D eigenvalue weighted by Crippen LogP contribution is -2.05. The van der Waals surface area contributed by atoms with Crippen LogP contribution in [0.15, 0.2) is 24.3 Å². The number of rotatable bonds is 6. The third kappa shape index (κ3) is 4.33. The minimum Gasteiger partial charge on any atom is -0.466 e. The van der Waals surface area contributed by atoms with E-state index in [4.69, 9.17) is 16.3 Å². The number of ether oxygens (including phenoxy) is 1. The molecular weight excluding hydrogens is 258 g/mol. The Hall–Kier alpha value is -1.62. The summed E-state index contributed by atoms with van der Waals surface area (Å²) < 4.78 is 4.79. The number of hydrogen-bond donors (Lipinski definition) is 0. The largest absolute Gasteiger partial charge is 0.466 e. The van der Waals surface area contributed by atoms with Crippen LogP contribution in [0.2, 0.25) is 0 Å². The van der Waals surface area contributed by atoms with E-state index in [0.29, 0.717) is 13.0 Å². The van der Waals surface area contributed by atoms with E-state index in [1.165, 1.54) is 12.1 Å². The molecule has 0 bridgehead atoms. The third-order valence-electron chi connectivity index (χ3n) is 2.37. The van der Waals surface area contributed by atoms with E-state index >= 15 is 0 Å². The van der Waals surface area contributed by atoms with Crippen LogP contribution in [0.25, 0.3) is 0 Å². The highest BCUT2D eigenvalue weighted by atomic mass is 35.5. The summed E-state index contributed by atoms with van der Waals surface area (Å²) in [5.41, 5.74) is 0.777. The van der Waals surface area contributed by atoms with Crippen LogP contribution in [0.4, 0.5) is 5.69 Å². The third-order valence-corrected chi connectivity index (χ3v) is 2.84. The number of esters is 1. The second kappa shape index (κ2) is 6.96. The number of halogens is 1. The molecule has 5 nitrogen and oxygen atoms in total. The number of benzene rings is 1. The van der Waals surface area contributed by atoms with Crippen molar-refractivity contribution in [2.24, 2.45) is 0 Å². The molecule has 0 aliphatic carbocycles. The Kier molecular flexibility index (Phi) is 5.58. The van der Waals surface area contributed by atoms with Crippen LogP contribution >= 0.6 is 11.6 Å². The maximum Gasteiger partial charge on any atom is 0.305 e. The van der Waals surface area contributed by atoms with Crippen LogP contribution in [0, 0.1) is 10.1 Å². The summed E-state index contributed by atoms with van der Waals surface area (Å²) in [7, 11) is 0. The molecule has 0 aromatic heterocycles. The van der Waals surface area contributed by atoms with Gasteiger partial charge in [0, 0.05) is 18.6 Å². The number of nitrogens with zero attached hydrogens (tertiary/aromatic N) is 1. The molecule has 0 aliphatic rings. The summed E-state index contributed by atoms with van der Waals surface area (Å²) in [5.74, 6) is -0.287. The number of carbonyl (C=O) groups is 1. The maximum atomic E-state index is 11.2. The van der Waals surface area contributed by atoms with Crippen molar-refractivity contribution in [1.29, 1.82) is 0 Å². The molecule has 1 atom stereocenters. The predicted octanol–water partition coefficient (Wildman–Crippen LogP) is 3.22. The number of carbonyl (C=O) groups excluding carboxylic acids is 1. The molecule has 1 rings (SSSR count). The Balaban J connectivity index is 2.53. The van der Waals surface area contributed by atoms with Gasteiger partial charge in [-0.25, -0.2) is 0 Å². The zero-order chi connectivity index (χ0) is 13.5. The van der Waals surface area contributed by atoms with E-state index in [0.717, 1.165) is 5.56 Å². The molecule has 0 N–H and O–H groups in total. The SMILES string of the molecule is CCOC(=O)CCC(Cl)c1ccc([N+](=O)[O-])cc1. The summed E-state index contributed by atoms with van der Waals surface area (Å²) >= 11 is 6.10. The van der Waals surface area contributed by atoms with Gasteiger partial charge in [-0.15, -0.1) is 11.6 Å². The molecular formula is C12H14ClNO4. The van der Waals surface area contributed by atoms with Crippen molar-refractivity contribution in [3.63, 3.8) is 0 Å². The molecule has 0 spiro atoms. The number of alkyl halides is 1. The lowest BCUT2D eigenvalue weighted by molar-refractivity contribution is -0.384. The van der Waals surface area contributed by atoms with Crippen molar-refractivity contribution >= 4 is 23.3 Å². The lowest BCUT2D eigenvalue weighted by Gasteiger charge is -2.09. The van der Waals surface area contributed by atoms with Gasteiger partial charge in [-0.1, -0.05) is 12.1 Å². The molecule has 0 heterocycles. The predicted molar refractivity (Wildman–Crippen MR) is 67.6 cm³/mol. The number of nitro benzene ring substituents is 1. The van der Waals surface area contributed by atoms with Gasteiger partial charge in [0.05, 0.1) is 16.9 Å². The molecule has 1 aromatic rings. The van der Waals surface area contributed by atoms with E-state index in [1.54, 1.807) is 19.1 Å². The van der Waals surface area contributed by atoms with Gasteiger partial charge in [0.2, 0.25) is 0 Å². The highest BCUT2D eigenvalue weighted by Gasteiger charge is 2.13. The first-order valence-electron chi connectivity index (χ1n) is 5.58. The summed E-state index contributed by atoms with van der Waals surface area (Å²) in [6.07, 6.45) is 0.678. The molecule has 0 saturated heterocycles. The van der Waals surface area contributed by atoms with E-state index in [1.807, 2.05) is 0 Å². The van der Waals surface area contributed by atoms with Crippen LogP contribution in [0.3, 0.4) is 0 Å². The molecule has 1 unspecified atom stereocenters. The second-order valence-electron chi connectivity index (χ2n) is 3.66. The molecule has 1 aromatic carbocycles. The first-order chi connectivity index (χ1) is 8.54.